The maximum atomic E-state index is 11.8. The van der Waals surface area contributed by atoms with E-state index in [2.05, 4.69) is 17.6 Å². The molecule has 5 heteroatoms. The Labute approximate surface area is 110 Å². The lowest BCUT2D eigenvalue weighted by molar-refractivity contribution is -0.124. The fourth-order valence-electron chi connectivity index (χ4n) is 1.88. The lowest BCUT2D eigenvalue weighted by Crippen LogP contribution is -2.52. The van der Waals surface area contributed by atoms with Gasteiger partial charge in [0, 0.05) is 18.5 Å². The van der Waals surface area contributed by atoms with Crippen molar-refractivity contribution in [2.75, 3.05) is 6.54 Å². The third kappa shape index (κ3) is 8.06. The van der Waals surface area contributed by atoms with Gasteiger partial charge in [0.05, 0.1) is 6.04 Å². The second-order valence-electron chi connectivity index (χ2n) is 5.39. The molecule has 0 saturated heterocycles. The normalized spacial score (nSPS) is 13.1. The topological polar surface area (TPSA) is 84.2 Å². The largest absolute Gasteiger partial charge is 0.370 e. The number of carbonyl (C=O) groups is 2. The summed E-state index contributed by atoms with van der Waals surface area (Å²) in [4.78, 5) is 22.7. The molecule has 2 amide bonds. The van der Waals surface area contributed by atoms with Crippen molar-refractivity contribution in [3.8, 4) is 0 Å². The van der Waals surface area contributed by atoms with Crippen LogP contribution >= 0.6 is 0 Å². The lowest BCUT2D eigenvalue weighted by atomic mass is 9.99. The Morgan fingerprint density at radius 3 is 2.39 bits per heavy atom. The van der Waals surface area contributed by atoms with E-state index in [0.717, 1.165) is 19.3 Å². The van der Waals surface area contributed by atoms with E-state index in [1.165, 1.54) is 0 Å². The molecule has 0 aliphatic rings. The van der Waals surface area contributed by atoms with Crippen LogP contribution < -0.4 is 16.4 Å². The Morgan fingerprint density at radius 1 is 1.28 bits per heavy atom. The van der Waals surface area contributed by atoms with Gasteiger partial charge in [-0.2, -0.15) is 0 Å². The van der Waals surface area contributed by atoms with Crippen molar-refractivity contribution >= 4 is 11.8 Å². The van der Waals surface area contributed by atoms with E-state index in [1.807, 2.05) is 13.8 Å². The molecule has 0 fully saturated rings. The predicted molar refractivity (Wildman–Crippen MR) is 73.0 cm³/mol. The third-order valence-corrected chi connectivity index (χ3v) is 2.70. The molecule has 0 aromatic rings. The van der Waals surface area contributed by atoms with Crippen LogP contribution in [0.3, 0.4) is 0 Å². The van der Waals surface area contributed by atoms with Gasteiger partial charge in [0.25, 0.3) is 0 Å². The van der Waals surface area contributed by atoms with Crippen molar-refractivity contribution < 1.29 is 9.59 Å². The Kier molecular flexibility index (Phi) is 7.59. The number of amides is 2. The minimum Gasteiger partial charge on any atom is -0.370 e. The fraction of sp³-hybridized carbons (Fsp3) is 0.846. The van der Waals surface area contributed by atoms with Gasteiger partial charge in [0.15, 0.2) is 0 Å². The number of rotatable bonds is 9. The monoisotopic (exact) mass is 257 g/mol. The molecule has 5 nitrogen and oxygen atoms in total. The van der Waals surface area contributed by atoms with Gasteiger partial charge in [-0.15, -0.1) is 0 Å². The molecule has 0 spiro atoms. The summed E-state index contributed by atoms with van der Waals surface area (Å²) in [6.45, 7) is 8.34. The first-order valence-corrected chi connectivity index (χ1v) is 6.62. The van der Waals surface area contributed by atoms with Crippen molar-refractivity contribution in [3.05, 3.63) is 0 Å². The smallest absolute Gasteiger partial charge is 0.236 e. The van der Waals surface area contributed by atoms with Gasteiger partial charge in [-0.3, -0.25) is 9.59 Å². The van der Waals surface area contributed by atoms with Gasteiger partial charge in [-0.1, -0.05) is 19.8 Å². The van der Waals surface area contributed by atoms with Crippen LogP contribution in [0.2, 0.25) is 0 Å². The maximum Gasteiger partial charge on any atom is 0.236 e. The molecule has 0 radical (unpaired) electrons. The summed E-state index contributed by atoms with van der Waals surface area (Å²) in [5.41, 5.74) is 4.70. The zero-order valence-electron chi connectivity index (χ0n) is 12.0. The van der Waals surface area contributed by atoms with Crippen LogP contribution in [-0.4, -0.2) is 29.9 Å². The molecule has 0 aliphatic heterocycles. The van der Waals surface area contributed by atoms with Crippen LogP contribution in [-0.2, 0) is 9.59 Å². The zero-order valence-corrected chi connectivity index (χ0v) is 12.0. The Bertz CT molecular complexity index is 277. The summed E-state index contributed by atoms with van der Waals surface area (Å²) in [6, 6.07) is -0.332. The molecule has 18 heavy (non-hydrogen) atoms. The number of unbranched alkanes of at least 4 members (excludes halogenated alkanes) is 2. The van der Waals surface area contributed by atoms with Crippen LogP contribution in [0.25, 0.3) is 0 Å². The molecule has 0 aromatic heterocycles. The Balaban J connectivity index is 4.02. The molecule has 0 aromatic carbocycles. The van der Waals surface area contributed by atoms with Crippen LogP contribution in [0.5, 0.6) is 0 Å². The van der Waals surface area contributed by atoms with Crippen molar-refractivity contribution in [1.29, 1.82) is 0 Å². The van der Waals surface area contributed by atoms with Crippen molar-refractivity contribution in [2.24, 2.45) is 5.73 Å². The standard InChI is InChI=1S/C13H27N3O2/c1-5-6-7-8-15-12(18)10(2)16-13(3,4)9-11(14)17/h10,16H,5-9H2,1-4H3,(H2,14,17)(H,15,18). The highest BCUT2D eigenvalue weighted by Gasteiger charge is 2.25. The molecular weight excluding hydrogens is 230 g/mol. The third-order valence-electron chi connectivity index (χ3n) is 2.70. The van der Waals surface area contributed by atoms with Crippen molar-refractivity contribution in [2.45, 2.75) is 65.0 Å². The summed E-state index contributed by atoms with van der Waals surface area (Å²) < 4.78 is 0. The number of hydrogen-bond donors (Lipinski definition) is 3. The highest BCUT2D eigenvalue weighted by molar-refractivity contribution is 5.81. The maximum absolute atomic E-state index is 11.8. The molecular formula is C13H27N3O2. The fourth-order valence-corrected chi connectivity index (χ4v) is 1.88. The second kappa shape index (κ2) is 8.08. The van der Waals surface area contributed by atoms with Crippen LogP contribution in [0.4, 0.5) is 0 Å². The van der Waals surface area contributed by atoms with Gasteiger partial charge in [0.1, 0.15) is 0 Å². The molecule has 0 bridgehead atoms. The van der Waals surface area contributed by atoms with Crippen molar-refractivity contribution in [3.63, 3.8) is 0 Å². The van der Waals surface area contributed by atoms with E-state index in [0.29, 0.717) is 6.54 Å². The van der Waals surface area contributed by atoms with Crippen LogP contribution in [0.15, 0.2) is 0 Å². The van der Waals surface area contributed by atoms with Crippen LogP contribution in [0.1, 0.15) is 53.4 Å². The Morgan fingerprint density at radius 2 is 1.89 bits per heavy atom. The quantitative estimate of drug-likeness (QED) is 0.537. The minimum absolute atomic E-state index is 0.0383. The van der Waals surface area contributed by atoms with Crippen LogP contribution in [0, 0.1) is 0 Å². The highest BCUT2D eigenvalue weighted by atomic mass is 16.2. The molecule has 0 aliphatic carbocycles. The van der Waals surface area contributed by atoms with Gasteiger partial charge in [-0.25, -0.2) is 0 Å². The zero-order chi connectivity index (χ0) is 14.2. The van der Waals surface area contributed by atoms with E-state index < -0.39 is 5.54 Å². The second-order valence-corrected chi connectivity index (χ2v) is 5.39. The van der Waals surface area contributed by atoms with Gasteiger partial charge >= 0.3 is 0 Å². The average molecular weight is 257 g/mol. The number of primary amides is 1. The van der Waals surface area contributed by atoms with E-state index in [9.17, 15) is 9.59 Å². The minimum atomic E-state index is -0.466. The summed E-state index contributed by atoms with van der Waals surface area (Å²) >= 11 is 0. The highest BCUT2D eigenvalue weighted by Crippen LogP contribution is 2.08. The van der Waals surface area contributed by atoms with E-state index in [-0.39, 0.29) is 24.3 Å². The first kappa shape index (κ1) is 16.9. The molecule has 1 unspecified atom stereocenters. The average Bonchev–Trinajstić information content (AvgIpc) is 2.21. The molecule has 4 N–H and O–H groups in total. The first-order chi connectivity index (χ1) is 8.28. The molecule has 106 valence electrons. The Hall–Kier alpha value is -1.10. The van der Waals surface area contributed by atoms with E-state index in [1.54, 1.807) is 6.92 Å². The molecule has 1 atom stereocenters. The van der Waals surface area contributed by atoms with Gasteiger partial charge in [0.2, 0.25) is 11.8 Å². The summed E-state index contributed by atoms with van der Waals surface area (Å²) in [6.07, 6.45) is 3.46. The number of carbonyl (C=O) groups excluding carboxylic acids is 2. The summed E-state index contributed by atoms with van der Waals surface area (Å²) in [7, 11) is 0. The summed E-state index contributed by atoms with van der Waals surface area (Å²) in [5, 5.41) is 5.99. The molecule has 0 saturated carbocycles. The lowest BCUT2D eigenvalue weighted by Gasteiger charge is -2.28. The van der Waals surface area contributed by atoms with Gasteiger partial charge in [-0.05, 0) is 27.2 Å². The predicted octanol–water partition coefficient (Wildman–Crippen LogP) is 0.925. The molecule has 0 rings (SSSR count). The first-order valence-electron chi connectivity index (χ1n) is 6.62. The van der Waals surface area contributed by atoms with E-state index in [4.69, 9.17) is 5.73 Å². The number of nitrogens with one attached hydrogen (secondary N) is 2. The number of hydrogen-bond acceptors (Lipinski definition) is 3. The van der Waals surface area contributed by atoms with Gasteiger partial charge < -0.3 is 16.4 Å². The number of nitrogens with two attached hydrogens (primary N) is 1. The molecule has 0 heterocycles. The summed E-state index contributed by atoms with van der Waals surface area (Å²) in [5.74, 6) is -0.410. The van der Waals surface area contributed by atoms with E-state index >= 15 is 0 Å². The van der Waals surface area contributed by atoms with Crippen molar-refractivity contribution in [1.82, 2.24) is 10.6 Å². The SMILES string of the molecule is CCCCCNC(=O)C(C)NC(C)(C)CC(N)=O.